The minimum atomic E-state index is -0.138. The van der Waals surface area contributed by atoms with Gasteiger partial charge in [0.05, 0.1) is 6.42 Å². The van der Waals surface area contributed by atoms with Crippen LogP contribution in [-0.2, 0) is 38.6 Å². The number of amides is 1. The van der Waals surface area contributed by atoms with Crippen LogP contribution in [0.25, 0.3) is 0 Å². The summed E-state index contributed by atoms with van der Waals surface area (Å²) < 4.78 is 13.4. The Morgan fingerprint density at radius 1 is 0.778 bits per heavy atom. The number of methoxy groups -OCH3 is 2. The molecule has 0 saturated heterocycles. The highest BCUT2D eigenvalue weighted by Gasteiger charge is 2.07. The largest absolute Gasteiger partial charge is 0.385 e. The maximum atomic E-state index is 11.2. The van der Waals surface area contributed by atoms with Crippen LogP contribution < -0.4 is 5.32 Å². The second kappa shape index (κ2) is 32.5. The van der Waals surface area contributed by atoms with E-state index in [-0.39, 0.29) is 11.7 Å². The first-order valence-corrected chi connectivity index (χ1v) is 13.2. The number of carbonyl (C=O) groups is 2. The van der Waals surface area contributed by atoms with E-state index in [1.165, 1.54) is 6.92 Å². The van der Waals surface area contributed by atoms with Crippen molar-refractivity contribution in [1.29, 1.82) is 0 Å². The minimum Gasteiger partial charge on any atom is -0.385 e. The smallest absolute Gasteiger partial charge is 0.223 e. The Hall–Kier alpha value is -2.52. The average Bonchev–Trinajstić information content (AvgIpc) is 3.53. The van der Waals surface area contributed by atoms with Crippen molar-refractivity contribution >= 4 is 17.6 Å². The van der Waals surface area contributed by atoms with E-state index in [9.17, 15) is 9.59 Å². The van der Waals surface area contributed by atoms with E-state index in [1.807, 2.05) is 76.9 Å². The molecule has 0 spiro atoms. The van der Waals surface area contributed by atoms with E-state index in [1.54, 1.807) is 33.5 Å². The lowest BCUT2D eigenvalue weighted by molar-refractivity contribution is -0.116. The van der Waals surface area contributed by atoms with Gasteiger partial charge in [0, 0.05) is 72.2 Å². The first kappa shape index (κ1) is 40.6. The van der Waals surface area contributed by atoms with Gasteiger partial charge in [0.25, 0.3) is 0 Å². The summed E-state index contributed by atoms with van der Waals surface area (Å²) in [5, 5.41) is 2.68. The van der Waals surface area contributed by atoms with Crippen molar-refractivity contribution < 1.29 is 19.1 Å². The molecule has 0 atom stereocenters. The Balaban J connectivity index is -0.000000287. The van der Waals surface area contributed by atoms with Gasteiger partial charge in [-0.25, -0.2) is 9.97 Å². The predicted octanol–water partition coefficient (Wildman–Crippen LogP) is 6.03. The third kappa shape index (κ3) is 23.2. The Labute approximate surface area is 221 Å². The summed E-state index contributed by atoms with van der Waals surface area (Å²) in [6.07, 6.45) is 9.27. The van der Waals surface area contributed by atoms with Crippen LogP contribution in [0.1, 0.15) is 87.9 Å². The number of rotatable bonds is 11. The van der Waals surface area contributed by atoms with Crippen LogP contribution in [0, 0.1) is 0 Å². The Bertz CT molecular complexity index is 656. The molecule has 2 rings (SSSR count). The Morgan fingerprint density at radius 2 is 1.25 bits per heavy atom. The Morgan fingerprint density at radius 3 is 1.72 bits per heavy atom. The summed E-state index contributed by atoms with van der Waals surface area (Å²) in [5.41, 5.74) is 0. The van der Waals surface area contributed by atoms with Gasteiger partial charge in [-0.3, -0.25) is 14.9 Å². The number of ether oxygens (including phenoxy) is 2. The first-order valence-electron chi connectivity index (χ1n) is 13.2. The van der Waals surface area contributed by atoms with Gasteiger partial charge in [-0.1, -0.05) is 55.4 Å². The number of nitrogens with one attached hydrogen (secondary N) is 1. The van der Waals surface area contributed by atoms with E-state index in [2.05, 4.69) is 15.3 Å². The molecule has 2 heterocycles. The fraction of sp³-hybridized carbons (Fsp3) is 0.704. The van der Waals surface area contributed by atoms with Crippen molar-refractivity contribution in [3.63, 3.8) is 0 Å². The van der Waals surface area contributed by atoms with Crippen molar-refractivity contribution in [2.45, 2.75) is 102 Å². The molecule has 0 fully saturated rings. The van der Waals surface area contributed by atoms with Gasteiger partial charge in [-0.15, -0.1) is 0 Å². The number of nitrogens with zero attached hydrogens (tertiary/aromatic N) is 4. The predicted molar refractivity (Wildman–Crippen MR) is 152 cm³/mol. The van der Waals surface area contributed by atoms with E-state index in [0.29, 0.717) is 12.4 Å². The van der Waals surface area contributed by atoms with Crippen molar-refractivity contribution in [1.82, 2.24) is 19.1 Å². The minimum absolute atomic E-state index is 0.102. The molecule has 0 bridgehead atoms. The van der Waals surface area contributed by atoms with E-state index in [4.69, 9.17) is 9.47 Å². The number of ketones is 1. The fourth-order valence-electron chi connectivity index (χ4n) is 2.46. The summed E-state index contributed by atoms with van der Waals surface area (Å²) in [6, 6.07) is 0. The molecule has 0 radical (unpaired) electrons. The standard InChI is InChI=1S/C14H19N5O2.C5H12O2.4C2H6/c1-11(20)10-13-15-4-8-18(13)6-3-7-19-9-5-16-14(19)17-12(2)21;1-6-4-3-5-7-2;4*1-2/h4-5,8-9H,3,6-7,10H2,1-2H3,(H,16,17,21);3-5H2,1-2H3;4*1-2H3. The van der Waals surface area contributed by atoms with Crippen molar-refractivity contribution in [3.05, 3.63) is 30.6 Å². The Kier molecular flexibility index (Phi) is 36.7. The molecule has 0 aromatic carbocycles. The molecule has 2 aromatic rings. The molecule has 0 unspecified atom stereocenters. The number of Topliss-reactive ketones (excluding diaryl/α,β-unsaturated/α-hetero) is 1. The highest BCUT2D eigenvalue weighted by Crippen LogP contribution is 2.07. The molecule has 0 aliphatic carbocycles. The lowest BCUT2D eigenvalue weighted by Gasteiger charge is -2.09. The molecule has 1 N–H and O–H groups in total. The molecule has 0 saturated carbocycles. The van der Waals surface area contributed by atoms with Gasteiger partial charge in [0.1, 0.15) is 11.6 Å². The second-order valence-electron chi connectivity index (χ2n) is 6.23. The van der Waals surface area contributed by atoms with Crippen LogP contribution in [0.5, 0.6) is 0 Å². The van der Waals surface area contributed by atoms with Crippen LogP contribution in [0.15, 0.2) is 24.8 Å². The van der Waals surface area contributed by atoms with Gasteiger partial charge >= 0.3 is 0 Å². The molecule has 9 nitrogen and oxygen atoms in total. The normalized spacial score (nSPS) is 8.67. The first-order chi connectivity index (χ1) is 17.5. The van der Waals surface area contributed by atoms with Gasteiger partial charge in [0.15, 0.2) is 0 Å². The molecular weight excluding hydrogens is 458 g/mol. The summed E-state index contributed by atoms with van der Waals surface area (Å²) in [4.78, 5) is 30.5. The van der Waals surface area contributed by atoms with Gasteiger partial charge in [0.2, 0.25) is 11.9 Å². The third-order valence-corrected chi connectivity index (χ3v) is 3.71. The quantitative estimate of drug-likeness (QED) is 0.368. The van der Waals surface area contributed by atoms with Gasteiger partial charge in [-0.05, 0) is 19.8 Å². The molecular formula is C27H55N5O4. The number of imidazole rings is 2. The van der Waals surface area contributed by atoms with E-state index < -0.39 is 0 Å². The molecule has 1 amide bonds. The molecule has 0 aliphatic rings. The third-order valence-electron chi connectivity index (χ3n) is 3.71. The van der Waals surface area contributed by atoms with Crippen LogP contribution in [0.3, 0.4) is 0 Å². The fourth-order valence-corrected chi connectivity index (χ4v) is 2.46. The number of hydrogen-bond donors (Lipinski definition) is 1. The van der Waals surface area contributed by atoms with Crippen molar-refractivity contribution in [3.8, 4) is 0 Å². The van der Waals surface area contributed by atoms with Gasteiger partial charge in [-0.2, -0.15) is 0 Å². The summed E-state index contributed by atoms with van der Waals surface area (Å²) in [6.45, 7) is 22.1. The van der Waals surface area contributed by atoms with E-state index >= 15 is 0 Å². The van der Waals surface area contributed by atoms with Crippen LogP contribution in [0.2, 0.25) is 0 Å². The number of aryl methyl sites for hydroxylation is 2. The topological polar surface area (TPSA) is 100 Å². The zero-order chi connectivity index (χ0) is 28.8. The lowest BCUT2D eigenvalue weighted by atomic mass is 10.3. The van der Waals surface area contributed by atoms with Crippen LogP contribution >= 0.6 is 0 Å². The highest BCUT2D eigenvalue weighted by molar-refractivity contribution is 5.86. The molecule has 9 heteroatoms. The molecule has 2 aromatic heterocycles. The highest BCUT2D eigenvalue weighted by atomic mass is 16.5. The number of hydrogen-bond acceptors (Lipinski definition) is 6. The van der Waals surface area contributed by atoms with Crippen molar-refractivity contribution in [2.75, 3.05) is 32.8 Å². The van der Waals surface area contributed by atoms with Crippen molar-refractivity contribution in [2.24, 2.45) is 0 Å². The number of anilines is 1. The van der Waals surface area contributed by atoms with Crippen LogP contribution in [-0.4, -0.2) is 58.2 Å². The second-order valence-corrected chi connectivity index (χ2v) is 6.23. The maximum absolute atomic E-state index is 11.2. The van der Waals surface area contributed by atoms with Crippen LogP contribution in [0.4, 0.5) is 5.95 Å². The maximum Gasteiger partial charge on any atom is 0.223 e. The van der Waals surface area contributed by atoms with E-state index in [0.717, 1.165) is 45.0 Å². The van der Waals surface area contributed by atoms with Gasteiger partial charge < -0.3 is 18.6 Å². The molecule has 36 heavy (non-hydrogen) atoms. The zero-order valence-electron chi connectivity index (χ0n) is 25.2. The molecule has 0 aliphatic heterocycles. The molecule has 212 valence electrons. The zero-order valence-corrected chi connectivity index (χ0v) is 25.2. The average molecular weight is 514 g/mol. The number of aromatic nitrogens is 4. The summed E-state index contributed by atoms with van der Waals surface area (Å²) in [7, 11) is 3.38. The lowest BCUT2D eigenvalue weighted by Crippen LogP contribution is -2.13. The SMILES string of the molecule is CC.CC.CC.CC.CC(=O)Cc1nccn1CCCn1ccnc1NC(C)=O.COCCCOC. The monoisotopic (exact) mass is 513 g/mol. The number of carbonyl (C=O) groups excluding carboxylic acids is 2. The summed E-state index contributed by atoms with van der Waals surface area (Å²) in [5.74, 6) is 1.30. The summed E-state index contributed by atoms with van der Waals surface area (Å²) >= 11 is 0.